The van der Waals surface area contributed by atoms with Crippen molar-refractivity contribution in [3.63, 3.8) is 0 Å². The highest BCUT2D eigenvalue weighted by Crippen LogP contribution is 2.58. The topological polar surface area (TPSA) is 60.4 Å². The summed E-state index contributed by atoms with van der Waals surface area (Å²) in [6.45, 7) is 0. The molecule has 30 heavy (non-hydrogen) atoms. The minimum absolute atomic E-state index is 0.0474. The Bertz CT molecular complexity index is 1100. The fourth-order valence-corrected chi connectivity index (χ4v) is 6.71. The number of benzene rings is 2. The van der Waals surface area contributed by atoms with Crippen molar-refractivity contribution >= 4 is 29.6 Å². The number of carbonyl (C=O) groups excluding carboxylic acids is 1. The molecule has 0 aliphatic carbocycles. The molecule has 4 nitrogen and oxygen atoms in total. The van der Waals surface area contributed by atoms with Gasteiger partial charge in [-0.3, -0.25) is 4.79 Å². The Labute approximate surface area is 175 Å². The minimum Gasteiger partial charge on any atom is -0.469 e. The summed E-state index contributed by atoms with van der Waals surface area (Å²) >= 11 is 0. The number of ketones is 1. The zero-order valence-corrected chi connectivity index (χ0v) is 17.2. The van der Waals surface area contributed by atoms with Crippen molar-refractivity contribution < 1.29 is 18.2 Å². The number of hydrogen-bond acceptors (Lipinski definition) is 4. The summed E-state index contributed by atoms with van der Waals surface area (Å²) in [6, 6.07) is 25.7. The van der Waals surface area contributed by atoms with Crippen LogP contribution in [0.2, 0.25) is 0 Å². The van der Waals surface area contributed by atoms with Crippen LogP contribution in [0.15, 0.2) is 112 Å². The van der Waals surface area contributed by atoms with Gasteiger partial charge in [0.15, 0.2) is 12.9 Å². The van der Waals surface area contributed by atoms with E-state index in [4.69, 9.17) is 8.83 Å². The Morgan fingerprint density at radius 2 is 1.40 bits per heavy atom. The second-order valence-corrected chi connectivity index (χ2v) is 9.85. The highest BCUT2D eigenvalue weighted by atomic mass is 31.2. The van der Waals surface area contributed by atoms with Crippen LogP contribution in [0.4, 0.5) is 0 Å². The van der Waals surface area contributed by atoms with Crippen molar-refractivity contribution in [3.05, 3.63) is 115 Å². The van der Waals surface area contributed by atoms with Crippen LogP contribution in [0.5, 0.6) is 0 Å². The standard InChI is InChI=1S/C25H21O4P/c26-20(15-16-21-9-7-17-28-21)19-25(24-14-8-18-29-24)30(27,22-10-3-1-4-11-22)23-12-5-2-6-13-23/h1-18,25H,19H2/b16-15+. The molecule has 0 aliphatic heterocycles. The van der Waals surface area contributed by atoms with Gasteiger partial charge in [0.25, 0.3) is 0 Å². The average molecular weight is 416 g/mol. The lowest BCUT2D eigenvalue weighted by molar-refractivity contribution is -0.114. The van der Waals surface area contributed by atoms with Crippen LogP contribution in [0.1, 0.15) is 23.6 Å². The Morgan fingerprint density at radius 1 is 0.800 bits per heavy atom. The fraction of sp³-hybridized carbons (Fsp3) is 0.0800. The van der Waals surface area contributed by atoms with Gasteiger partial charge in [-0.1, -0.05) is 60.7 Å². The molecule has 4 rings (SSSR count). The van der Waals surface area contributed by atoms with Crippen LogP contribution in [0.3, 0.4) is 0 Å². The van der Waals surface area contributed by atoms with Gasteiger partial charge in [-0.2, -0.15) is 0 Å². The van der Waals surface area contributed by atoms with Crippen LogP contribution < -0.4 is 10.6 Å². The van der Waals surface area contributed by atoms with E-state index in [0.717, 1.165) is 0 Å². The molecule has 2 aromatic heterocycles. The summed E-state index contributed by atoms with van der Waals surface area (Å²) in [5.41, 5.74) is -0.619. The second-order valence-electron chi connectivity index (χ2n) is 6.88. The molecular formula is C25H21O4P. The highest BCUT2D eigenvalue weighted by Gasteiger charge is 2.40. The van der Waals surface area contributed by atoms with Gasteiger partial charge in [-0.25, -0.2) is 0 Å². The predicted octanol–water partition coefficient (Wildman–Crippen LogP) is 5.60. The lowest BCUT2D eigenvalue weighted by atomic mass is 10.1. The molecule has 1 atom stereocenters. The third kappa shape index (κ3) is 4.14. The first-order valence-corrected chi connectivity index (χ1v) is 11.4. The molecule has 0 aliphatic rings. The summed E-state index contributed by atoms with van der Waals surface area (Å²) in [6.07, 6.45) is 6.24. The van der Waals surface area contributed by atoms with E-state index in [0.29, 0.717) is 22.1 Å². The van der Waals surface area contributed by atoms with E-state index in [1.807, 2.05) is 60.7 Å². The van der Waals surface area contributed by atoms with Crippen molar-refractivity contribution in [1.82, 2.24) is 0 Å². The van der Waals surface area contributed by atoms with Crippen molar-refractivity contribution in [2.75, 3.05) is 0 Å². The van der Waals surface area contributed by atoms with Crippen LogP contribution in [-0.2, 0) is 9.36 Å². The summed E-state index contributed by atoms with van der Waals surface area (Å²) < 4.78 is 25.7. The molecule has 0 spiro atoms. The van der Waals surface area contributed by atoms with Gasteiger partial charge >= 0.3 is 0 Å². The Kier molecular flexibility index (Phi) is 5.97. The predicted molar refractivity (Wildman–Crippen MR) is 119 cm³/mol. The molecule has 2 heterocycles. The summed E-state index contributed by atoms with van der Waals surface area (Å²) in [5, 5.41) is 1.39. The molecule has 0 fully saturated rings. The highest BCUT2D eigenvalue weighted by molar-refractivity contribution is 7.79. The SMILES string of the molecule is O=C(/C=C/c1ccco1)CC(c1ccco1)P(=O)(c1ccccc1)c1ccccc1. The van der Waals surface area contributed by atoms with Crippen molar-refractivity contribution in [2.45, 2.75) is 12.1 Å². The number of furan rings is 2. The number of carbonyl (C=O) groups is 1. The van der Waals surface area contributed by atoms with Crippen LogP contribution >= 0.6 is 7.14 Å². The average Bonchev–Trinajstić information content (AvgIpc) is 3.51. The number of hydrogen-bond donors (Lipinski definition) is 0. The molecule has 1 unspecified atom stereocenters. The van der Waals surface area contributed by atoms with Crippen molar-refractivity contribution in [1.29, 1.82) is 0 Å². The zero-order chi connectivity index (χ0) is 20.8. The van der Waals surface area contributed by atoms with Crippen LogP contribution in [0, 0.1) is 0 Å². The molecule has 0 amide bonds. The maximum Gasteiger partial charge on any atom is 0.157 e. The van der Waals surface area contributed by atoms with E-state index >= 15 is 0 Å². The van der Waals surface area contributed by atoms with Crippen molar-refractivity contribution in [2.24, 2.45) is 0 Å². The maximum atomic E-state index is 14.7. The Hall–Kier alpha value is -3.36. The first kappa shape index (κ1) is 19.9. The third-order valence-corrected chi connectivity index (χ3v) is 8.41. The fourth-order valence-electron chi connectivity index (χ4n) is 3.52. The van der Waals surface area contributed by atoms with E-state index in [1.165, 1.54) is 6.08 Å². The van der Waals surface area contributed by atoms with Crippen molar-refractivity contribution in [3.8, 4) is 0 Å². The second kappa shape index (κ2) is 8.98. The van der Waals surface area contributed by atoms with Gasteiger partial charge in [-0.15, -0.1) is 0 Å². The Balaban J connectivity index is 1.77. The third-order valence-electron chi connectivity index (χ3n) is 4.96. The molecule has 0 radical (unpaired) electrons. The summed E-state index contributed by atoms with van der Waals surface area (Å²) in [4.78, 5) is 12.9. The van der Waals surface area contributed by atoms with Crippen LogP contribution in [0.25, 0.3) is 6.08 Å². The largest absolute Gasteiger partial charge is 0.469 e. The number of allylic oxidation sites excluding steroid dienone is 1. The van der Waals surface area contributed by atoms with Gasteiger partial charge in [0.2, 0.25) is 0 Å². The lowest BCUT2D eigenvalue weighted by Crippen LogP contribution is -2.22. The quantitative estimate of drug-likeness (QED) is 0.277. The molecule has 4 aromatic rings. The van der Waals surface area contributed by atoms with Crippen LogP contribution in [-0.4, -0.2) is 5.78 Å². The molecule has 150 valence electrons. The van der Waals surface area contributed by atoms with Gasteiger partial charge in [0.1, 0.15) is 11.5 Å². The molecule has 0 saturated heterocycles. The number of rotatable bonds is 8. The summed E-state index contributed by atoms with van der Waals surface area (Å²) in [7, 11) is -3.23. The molecule has 0 N–H and O–H groups in total. The molecule has 5 heteroatoms. The van der Waals surface area contributed by atoms with E-state index in [-0.39, 0.29) is 12.2 Å². The first-order valence-electron chi connectivity index (χ1n) is 9.66. The lowest BCUT2D eigenvalue weighted by Gasteiger charge is -2.27. The van der Waals surface area contributed by atoms with E-state index < -0.39 is 12.8 Å². The minimum atomic E-state index is -3.23. The van der Waals surface area contributed by atoms with Gasteiger partial charge in [-0.05, 0) is 36.4 Å². The molecule has 0 saturated carbocycles. The van der Waals surface area contributed by atoms with E-state index in [1.54, 1.807) is 42.9 Å². The molecule has 2 aromatic carbocycles. The Morgan fingerprint density at radius 3 is 1.93 bits per heavy atom. The van der Waals surface area contributed by atoms with E-state index in [2.05, 4.69) is 0 Å². The maximum absolute atomic E-state index is 14.7. The van der Waals surface area contributed by atoms with Gasteiger partial charge in [0, 0.05) is 17.0 Å². The normalized spacial score (nSPS) is 12.8. The smallest absolute Gasteiger partial charge is 0.157 e. The molecule has 0 bridgehead atoms. The summed E-state index contributed by atoms with van der Waals surface area (Å²) in [5.74, 6) is 0.970. The molecular weight excluding hydrogens is 395 g/mol. The van der Waals surface area contributed by atoms with E-state index in [9.17, 15) is 9.36 Å². The zero-order valence-electron chi connectivity index (χ0n) is 16.3. The van der Waals surface area contributed by atoms with Gasteiger partial charge < -0.3 is 13.4 Å². The first-order chi connectivity index (χ1) is 14.7. The monoisotopic (exact) mass is 416 g/mol. The van der Waals surface area contributed by atoms with Gasteiger partial charge in [0.05, 0.1) is 18.2 Å².